The smallest absolute Gasteiger partial charge is 0.251 e. The highest BCUT2D eigenvalue weighted by atomic mass is 16.1. The summed E-state index contributed by atoms with van der Waals surface area (Å²) < 4.78 is 0. The highest BCUT2D eigenvalue weighted by Crippen LogP contribution is 2.33. The molecule has 4 heterocycles. The van der Waals surface area contributed by atoms with E-state index in [1.54, 1.807) is 0 Å². The molecule has 1 saturated heterocycles. The molecule has 7 heteroatoms. The topological polar surface area (TPSA) is 62.9 Å². The molecule has 2 atom stereocenters. The first-order chi connectivity index (χ1) is 17.6. The van der Waals surface area contributed by atoms with Crippen LogP contribution in [-0.2, 0) is 6.54 Å². The predicted molar refractivity (Wildman–Crippen MR) is 145 cm³/mol. The second kappa shape index (κ2) is 9.39. The molecule has 2 aromatic carbocycles. The molecule has 0 spiro atoms. The zero-order valence-corrected chi connectivity index (χ0v) is 21.0. The number of piperazine rings is 1. The van der Waals surface area contributed by atoms with Gasteiger partial charge in [-0.15, -0.1) is 0 Å². The molecule has 186 valence electrons. The second-order valence-corrected chi connectivity index (χ2v) is 9.97. The lowest BCUT2D eigenvalue weighted by atomic mass is 10.0. The van der Waals surface area contributed by atoms with Crippen molar-refractivity contribution in [2.45, 2.75) is 39.0 Å². The summed E-state index contributed by atoms with van der Waals surface area (Å²) in [5, 5.41) is 9.99. The van der Waals surface area contributed by atoms with Crippen LogP contribution in [0, 0.1) is 0 Å². The molecule has 2 aromatic rings. The van der Waals surface area contributed by atoms with E-state index < -0.39 is 0 Å². The van der Waals surface area contributed by atoms with Gasteiger partial charge in [0.05, 0.1) is 11.4 Å². The van der Waals surface area contributed by atoms with E-state index >= 15 is 0 Å². The molecule has 7 nitrogen and oxygen atoms in total. The Labute approximate surface area is 213 Å². The first-order valence-corrected chi connectivity index (χ1v) is 13.0. The van der Waals surface area contributed by atoms with Gasteiger partial charge in [-0.3, -0.25) is 9.69 Å². The highest BCUT2D eigenvalue weighted by Gasteiger charge is 2.30. The summed E-state index contributed by atoms with van der Waals surface area (Å²) in [7, 11) is 0. The highest BCUT2D eigenvalue weighted by molar-refractivity contribution is 5.98. The average molecular weight is 483 g/mol. The number of carbonyl (C=O) groups excluding carboxylic acids is 1. The lowest BCUT2D eigenvalue weighted by molar-refractivity contribution is 0.0965. The Bertz CT molecular complexity index is 1240. The fourth-order valence-electron chi connectivity index (χ4n) is 5.53. The van der Waals surface area contributed by atoms with Crippen LogP contribution < -0.4 is 20.9 Å². The summed E-state index contributed by atoms with van der Waals surface area (Å²) in [5.41, 5.74) is 7.52. The number of benzene rings is 2. The maximum atomic E-state index is 11.9. The van der Waals surface area contributed by atoms with Crippen molar-refractivity contribution in [3.05, 3.63) is 89.4 Å². The fraction of sp³-hybridized carbons (Fsp3) is 0.345. The zero-order valence-electron chi connectivity index (χ0n) is 21.0. The molecule has 0 aromatic heterocycles. The predicted octanol–water partition coefficient (Wildman–Crippen LogP) is 3.90. The van der Waals surface area contributed by atoms with Gasteiger partial charge in [-0.2, -0.15) is 0 Å². The lowest BCUT2D eigenvalue weighted by Crippen LogP contribution is -2.49. The van der Waals surface area contributed by atoms with Crippen molar-refractivity contribution < 1.29 is 4.79 Å². The van der Waals surface area contributed by atoms with Gasteiger partial charge in [-0.25, -0.2) is 0 Å². The van der Waals surface area contributed by atoms with Crippen LogP contribution in [0.2, 0.25) is 0 Å². The Kier molecular flexibility index (Phi) is 5.93. The Morgan fingerprint density at radius 3 is 2.64 bits per heavy atom. The van der Waals surface area contributed by atoms with E-state index in [0.717, 1.165) is 60.0 Å². The van der Waals surface area contributed by atoms with E-state index in [9.17, 15) is 4.79 Å². The molecule has 1 fully saturated rings. The van der Waals surface area contributed by atoms with Crippen LogP contribution in [-0.4, -0.2) is 54.1 Å². The molecule has 4 aliphatic heterocycles. The monoisotopic (exact) mass is 482 g/mol. The third-order valence-electron chi connectivity index (χ3n) is 7.90. The van der Waals surface area contributed by atoms with E-state index in [0.29, 0.717) is 12.6 Å². The van der Waals surface area contributed by atoms with Crippen LogP contribution in [0.1, 0.15) is 41.8 Å². The van der Waals surface area contributed by atoms with E-state index in [-0.39, 0.29) is 12.1 Å². The van der Waals surface area contributed by atoms with Gasteiger partial charge in [0.25, 0.3) is 5.91 Å². The lowest BCUT2D eigenvalue weighted by Gasteiger charge is -2.39. The van der Waals surface area contributed by atoms with Gasteiger partial charge in [-0.1, -0.05) is 13.0 Å². The Morgan fingerprint density at radius 1 is 1.06 bits per heavy atom. The van der Waals surface area contributed by atoms with Crippen molar-refractivity contribution >= 4 is 23.0 Å². The molecule has 2 unspecified atom stereocenters. The summed E-state index contributed by atoms with van der Waals surface area (Å²) in [5.74, 6) is 0.0144. The van der Waals surface area contributed by atoms with E-state index in [2.05, 4.69) is 93.2 Å². The zero-order chi connectivity index (χ0) is 24.6. The number of rotatable bonds is 6. The second-order valence-electron chi connectivity index (χ2n) is 9.97. The molecule has 0 aliphatic carbocycles. The fourth-order valence-corrected chi connectivity index (χ4v) is 5.53. The number of fused-ring (bicyclic) bond motifs is 2. The normalized spacial score (nSPS) is 21.8. The number of nitrogens with zero attached hydrogens (tertiary/aromatic N) is 3. The third kappa shape index (κ3) is 4.13. The van der Waals surface area contributed by atoms with E-state index in [4.69, 9.17) is 0 Å². The molecule has 6 rings (SSSR count). The first kappa shape index (κ1) is 22.7. The van der Waals surface area contributed by atoms with Gasteiger partial charge in [0.15, 0.2) is 0 Å². The summed E-state index contributed by atoms with van der Waals surface area (Å²) >= 11 is 0. The maximum absolute atomic E-state index is 11.9. The number of carbonyl (C=O) groups is 1. The van der Waals surface area contributed by atoms with Gasteiger partial charge in [-0.05, 0) is 73.0 Å². The van der Waals surface area contributed by atoms with Crippen LogP contribution in [0.3, 0.4) is 0 Å². The Morgan fingerprint density at radius 2 is 1.86 bits per heavy atom. The van der Waals surface area contributed by atoms with Gasteiger partial charge in [0.2, 0.25) is 0 Å². The van der Waals surface area contributed by atoms with Gasteiger partial charge >= 0.3 is 0 Å². The van der Waals surface area contributed by atoms with Crippen molar-refractivity contribution in [1.82, 2.24) is 20.4 Å². The van der Waals surface area contributed by atoms with Crippen molar-refractivity contribution in [1.29, 1.82) is 0 Å². The first-order valence-electron chi connectivity index (χ1n) is 13.0. The molecule has 4 aliphatic rings. The minimum absolute atomic E-state index is 0.00585. The average Bonchev–Trinajstić information content (AvgIpc) is 3.56. The number of hydrogen-bond donors (Lipinski definition) is 3. The third-order valence-corrected chi connectivity index (χ3v) is 7.90. The number of anilines is 2. The number of amides is 1. The van der Waals surface area contributed by atoms with E-state index in [1.165, 1.54) is 12.1 Å². The van der Waals surface area contributed by atoms with Crippen molar-refractivity contribution in [2.75, 3.05) is 36.4 Å². The standard InChI is InChI=1S/C29H34N6O/c1-3-20(2)33-14-16-34(17-15-33)24-7-5-23(6-8-24)32-26-10-11-27(35-13-12-30-28(26)35)21-4-9-25-22(18-21)19-31-29(25)36/h4-13,18,20,28,30,32H,3,14-17,19H2,1-2H3,(H,31,36). The van der Waals surface area contributed by atoms with Crippen molar-refractivity contribution in [2.24, 2.45) is 0 Å². The van der Waals surface area contributed by atoms with Crippen LogP contribution in [0.4, 0.5) is 11.4 Å². The summed E-state index contributed by atoms with van der Waals surface area (Å²) in [6.07, 6.45) is 9.57. The van der Waals surface area contributed by atoms with E-state index in [1.807, 2.05) is 18.3 Å². The van der Waals surface area contributed by atoms with Gasteiger partial charge < -0.3 is 25.8 Å². The molecular formula is C29H34N6O. The van der Waals surface area contributed by atoms with Gasteiger partial charge in [0.1, 0.15) is 6.17 Å². The maximum Gasteiger partial charge on any atom is 0.251 e. The van der Waals surface area contributed by atoms with Crippen LogP contribution in [0.25, 0.3) is 5.70 Å². The molecule has 3 N–H and O–H groups in total. The van der Waals surface area contributed by atoms with Crippen LogP contribution >= 0.6 is 0 Å². The number of allylic oxidation sites excluding steroid dienone is 2. The van der Waals surface area contributed by atoms with Crippen molar-refractivity contribution in [3.8, 4) is 0 Å². The molecular weight excluding hydrogens is 448 g/mol. The molecule has 0 radical (unpaired) electrons. The molecule has 36 heavy (non-hydrogen) atoms. The minimum Gasteiger partial charge on any atom is -0.369 e. The Balaban J connectivity index is 1.15. The van der Waals surface area contributed by atoms with Crippen LogP contribution in [0.15, 0.2) is 72.7 Å². The summed E-state index contributed by atoms with van der Waals surface area (Å²) in [4.78, 5) is 19.2. The summed E-state index contributed by atoms with van der Waals surface area (Å²) in [6.45, 7) is 9.61. The molecule has 1 amide bonds. The number of nitrogens with one attached hydrogen (secondary N) is 3. The SMILES string of the molecule is CCC(C)N1CCN(c2ccc(NC3=CC=C(c4ccc5c(c4)CNC5=O)N4C=CNC34)cc2)CC1. The number of hydrogen-bond acceptors (Lipinski definition) is 6. The minimum atomic E-state index is 0.00585. The quantitative estimate of drug-likeness (QED) is 0.581. The van der Waals surface area contributed by atoms with Gasteiger partial charge in [0, 0.05) is 68.1 Å². The Hall–Kier alpha value is -3.71. The molecule has 0 bridgehead atoms. The van der Waals surface area contributed by atoms with Crippen molar-refractivity contribution in [3.63, 3.8) is 0 Å². The largest absolute Gasteiger partial charge is 0.369 e. The summed E-state index contributed by atoms with van der Waals surface area (Å²) in [6, 6.07) is 15.6. The molecule has 0 saturated carbocycles. The van der Waals surface area contributed by atoms with Crippen LogP contribution in [0.5, 0.6) is 0 Å².